The molecular formula is C16H12BrFN4O3. The molecule has 128 valence electrons. The van der Waals surface area contributed by atoms with E-state index in [0.717, 1.165) is 0 Å². The van der Waals surface area contributed by atoms with Crippen molar-refractivity contribution < 1.29 is 9.18 Å². The van der Waals surface area contributed by atoms with Gasteiger partial charge in [-0.2, -0.15) is 0 Å². The summed E-state index contributed by atoms with van der Waals surface area (Å²) in [5.41, 5.74) is -0.719. The van der Waals surface area contributed by atoms with Crippen LogP contribution in [-0.2, 0) is 6.54 Å². The number of hydrogen-bond donors (Lipinski definition) is 2. The van der Waals surface area contributed by atoms with Gasteiger partial charge in [0.2, 0.25) is 0 Å². The Morgan fingerprint density at radius 1 is 1.28 bits per heavy atom. The molecule has 1 amide bonds. The van der Waals surface area contributed by atoms with Gasteiger partial charge < -0.3 is 4.90 Å². The van der Waals surface area contributed by atoms with Crippen molar-refractivity contribution in [2.45, 2.75) is 6.54 Å². The van der Waals surface area contributed by atoms with Gasteiger partial charge in [0.05, 0.1) is 10.9 Å². The molecule has 3 rings (SSSR count). The molecule has 0 radical (unpaired) electrons. The maximum atomic E-state index is 13.8. The summed E-state index contributed by atoms with van der Waals surface area (Å²) < 4.78 is 14.5. The van der Waals surface area contributed by atoms with Crippen molar-refractivity contribution in [1.82, 2.24) is 19.9 Å². The van der Waals surface area contributed by atoms with Gasteiger partial charge in [-0.3, -0.25) is 19.6 Å². The number of hydrogen-bond acceptors (Lipinski definition) is 4. The van der Waals surface area contributed by atoms with Gasteiger partial charge in [-0.1, -0.05) is 15.9 Å². The Balaban J connectivity index is 1.92. The minimum absolute atomic E-state index is 0.0458. The van der Waals surface area contributed by atoms with Crippen LogP contribution in [0.3, 0.4) is 0 Å². The van der Waals surface area contributed by atoms with Crippen LogP contribution in [0.5, 0.6) is 0 Å². The van der Waals surface area contributed by atoms with E-state index in [9.17, 15) is 18.8 Å². The van der Waals surface area contributed by atoms with E-state index in [1.807, 2.05) is 0 Å². The van der Waals surface area contributed by atoms with Gasteiger partial charge in [-0.15, -0.1) is 0 Å². The molecule has 1 aromatic carbocycles. The molecule has 9 heteroatoms. The summed E-state index contributed by atoms with van der Waals surface area (Å²) in [4.78, 5) is 45.3. The van der Waals surface area contributed by atoms with E-state index in [-0.39, 0.29) is 23.1 Å². The van der Waals surface area contributed by atoms with Crippen molar-refractivity contribution in [3.05, 3.63) is 72.7 Å². The van der Waals surface area contributed by atoms with Crippen LogP contribution in [0.4, 0.5) is 4.39 Å². The van der Waals surface area contributed by atoms with E-state index in [0.29, 0.717) is 10.0 Å². The summed E-state index contributed by atoms with van der Waals surface area (Å²) in [6.07, 6.45) is 1.26. The van der Waals surface area contributed by atoms with E-state index in [4.69, 9.17) is 0 Å². The molecule has 0 unspecified atom stereocenters. The number of benzene rings is 1. The Kier molecular flexibility index (Phi) is 4.49. The molecule has 0 fully saturated rings. The van der Waals surface area contributed by atoms with E-state index >= 15 is 0 Å². The highest BCUT2D eigenvalue weighted by Crippen LogP contribution is 2.18. The van der Waals surface area contributed by atoms with Crippen LogP contribution in [0.2, 0.25) is 0 Å². The normalized spacial score (nSPS) is 10.8. The van der Waals surface area contributed by atoms with Gasteiger partial charge in [-0.05, 0) is 24.3 Å². The lowest BCUT2D eigenvalue weighted by atomic mass is 10.1. The highest BCUT2D eigenvalue weighted by atomic mass is 79.9. The number of carbonyl (C=O) groups excluding carboxylic acids is 1. The number of aromatic amines is 2. The van der Waals surface area contributed by atoms with Gasteiger partial charge >= 0.3 is 5.69 Å². The molecule has 2 N–H and O–H groups in total. The molecule has 25 heavy (non-hydrogen) atoms. The molecule has 2 heterocycles. The number of aromatic nitrogens is 3. The smallest absolute Gasteiger partial charge is 0.327 e. The second kappa shape index (κ2) is 6.60. The second-order valence-corrected chi connectivity index (χ2v) is 6.34. The Morgan fingerprint density at radius 3 is 2.80 bits per heavy atom. The maximum absolute atomic E-state index is 13.8. The molecule has 7 nitrogen and oxygen atoms in total. The van der Waals surface area contributed by atoms with Gasteiger partial charge in [0.1, 0.15) is 11.5 Å². The fraction of sp³-hybridized carbons (Fsp3) is 0.125. The van der Waals surface area contributed by atoms with E-state index in [1.165, 1.54) is 30.3 Å². The molecular weight excluding hydrogens is 395 g/mol. The first kappa shape index (κ1) is 17.0. The zero-order valence-corrected chi connectivity index (χ0v) is 14.6. The first-order valence-corrected chi connectivity index (χ1v) is 7.96. The van der Waals surface area contributed by atoms with E-state index in [1.54, 1.807) is 12.1 Å². The predicted octanol–water partition coefficient (Wildman–Crippen LogP) is 1.79. The third kappa shape index (κ3) is 3.50. The molecule has 0 aliphatic heterocycles. The maximum Gasteiger partial charge on any atom is 0.327 e. The zero-order chi connectivity index (χ0) is 18.1. The van der Waals surface area contributed by atoms with Crippen LogP contribution < -0.4 is 11.2 Å². The Morgan fingerprint density at radius 2 is 2.04 bits per heavy atom. The van der Waals surface area contributed by atoms with E-state index in [2.05, 4.69) is 30.9 Å². The SMILES string of the molecule is CN(Cc1cc(Br)ccc1F)C(=O)c1cnc2[nH]c(=O)[nH]c(=O)c2c1. The number of halogens is 2. The first-order valence-electron chi connectivity index (χ1n) is 7.17. The minimum Gasteiger partial charge on any atom is -0.337 e. The lowest BCUT2D eigenvalue weighted by molar-refractivity contribution is 0.0783. The van der Waals surface area contributed by atoms with Gasteiger partial charge in [0.15, 0.2) is 0 Å². The molecule has 0 saturated heterocycles. The molecule has 0 saturated carbocycles. The molecule has 0 spiro atoms. The average molecular weight is 407 g/mol. The molecule has 0 aliphatic rings. The van der Waals surface area contributed by atoms with Crippen molar-refractivity contribution >= 4 is 32.9 Å². The quantitative estimate of drug-likeness (QED) is 0.692. The van der Waals surface area contributed by atoms with Crippen LogP contribution in [0.1, 0.15) is 15.9 Å². The lowest BCUT2D eigenvalue weighted by Gasteiger charge is -2.18. The second-order valence-electron chi connectivity index (χ2n) is 5.43. The molecule has 3 aromatic rings. The molecule has 0 bridgehead atoms. The molecule has 2 aromatic heterocycles. The largest absolute Gasteiger partial charge is 0.337 e. The van der Waals surface area contributed by atoms with Crippen LogP contribution in [0.25, 0.3) is 11.0 Å². The number of pyridine rings is 1. The van der Waals surface area contributed by atoms with Crippen molar-refractivity contribution in [2.75, 3.05) is 7.05 Å². The summed E-state index contributed by atoms with van der Waals surface area (Å²) in [6, 6.07) is 5.81. The van der Waals surface area contributed by atoms with Gasteiger partial charge in [-0.25, -0.2) is 14.2 Å². The van der Waals surface area contributed by atoms with E-state index < -0.39 is 23.0 Å². The predicted molar refractivity (Wildman–Crippen MR) is 92.9 cm³/mol. The fourth-order valence-electron chi connectivity index (χ4n) is 2.38. The topological polar surface area (TPSA) is 98.9 Å². The third-order valence-electron chi connectivity index (χ3n) is 3.60. The Bertz CT molecular complexity index is 1090. The summed E-state index contributed by atoms with van der Waals surface area (Å²) in [5, 5.41) is 0.0903. The van der Waals surface area contributed by atoms with Crippen molar-refractivity contribution in [3.63, 3.8) is 0 Å². The molecule has 0 atom stereocenters. The highest BCUT2D eigenvalue weighted by molar-refractivity contribution is 9.10. The standard InChI is InChI=1S/C16H12BrFN4O3/c1-22(7-9-4-10(17)2-3-12(9)18)15(24)8-5-11-13(19-6-8)20-16(25)21-14(11)23/h2-6H,7H2,1H3,(H2,19,20,21,23,25). The number of rotatable bonds is 3. The molecule has 0 aliphatic carbocycles. The van der Waals surface area contributed by atoms with Crippen molar-refractivity contribution in [1.29, 1.82) is 0 Å². The summed E-state index contributed by atoms with van der Waals surface area (Å²) in [5.74, 6) is -0.854. The first-order chi connectivity index (χ1) is 11.8. The number of nitrogens with one attached hydrogen (secondary N) is 2. The highest BCUT2D eigenvalue weighted by Gasteiger charge is 2.16. The number of nitrogens with zero attached hydrogens (tertiary/aromatic N) is 2. The van der Waals surface area contributed by atoms with Crippen LogP contribution in [0.15, 0.2) is 44.5 Å². The van der Waals surface area contributed by atoms with Crippen molar-refractivity contribution in [2.24, 2.45) is 0 Å². The third-order valence-corrected chi connectivity index (χ3v) is 4.09. The fourth-order valence-corrected chi connectivity index (χ4v) is 2.78. The van der Waals surface area contributed by atoms with Crippen LogP contribution in [0, 0.1) is 5.82 Å². The van der Waals surface area contributed by atoms with Gasteiger partial charge in [0.25, 0.3) is 11.5 Å². The van der Waals surface area contributed by atoms with Crippen molar-refractivity contribution in [3.8, 4) is 0 Å². The summed E-state index contributed by atoms with van der Waals surface area (Å²) in [7, 11) is 1.52. The van der Waals surface area contributed by atoms with Crippen LogP contribution >= 0.6 is 15.9 Å². The monoisotopic (exact) mass is 406 g/mol. The number of H-pyrrole nitrogens is 2. The average Bonchev–Trinajstić information content (AvgIpc) is 2.57. The number of carbonyl (C=O) groups is 1. The Hall–Kier alpha value is -2.81. The minimum atomic E-state index is -0.675. The number of amides is 1. The summed E-state index contributed by atoms with van der Waals surface area (Å²) >= 11 is 3.26. The van der Waals surface area contributed by atoms with Crippen LogP contribution in [-0.4, -0.2) is 32.8 Å². The summed E-state index contributed by atoms with van der Waals surface area (Å²) in [6.45, 7) is 0.0458. The lowest BCUT2D eigenvalue weighted by Crippen LogP contribution is -2.27. The van der Waals surface area contributed by atoms with Gasteiger partial charge in [0, 0.05) is 29.8 Å². The number of fused-ring (bicyclic) bond motifs is 1. The Labute approximate surface area is 148 Å². The zero-order valence-electron chi connectivity index (χ0n) is 13.0.